The third kappa shape index (κ3) is 3.99. The molecule has 110 valence electrons. The monoisotopic (exact) mass is 377 g/mol. The SMILES string of the molecule is CN=C(NC1CC1C)NC1CC1C1CCCCC1.I. The highest BCUT2D eigenvalue weighted by Gasteiger charge is 2.44. The van der Waals surface area contributed by atoms with E-state index in [2.05, 4.69) is 22.5 Å². The van der Waals surface area contributed by atoms with Crippen LogP contribution in [0.4, 0.5) is 0 Å². The fraction of sp³-hybridized carbons (Fsp3) is 0.933. The summed E-state index contributed by atoms with van der Waals surface area (Å²) in [5.41, 5.74) is 0. The van der Waals surface area contributed by atoms with Crippen molar-refractivity contribution in [2.75, 3.05) is 7.05 Å². The van der Waals surface area contributed by atoms with E-state index in [1.165, 1.54) is 44.9 Å². The van der Waals surface area contributed by atoms with E-state index >= 15 is 0 Å². The molecule has 3 aliphatic rings. The van der Waals surface area contributed by atoms with Crippen molar-refractivity contribution >= 4 is 29.9 Å². The molecule has 0 radical (unpaired) electrons. The minimum Gasteiger partial charge on any atom is -0.353 e. The smallest absolute Gasteiger partial charge is 0.191 e. The van der Waals surface area contributed by atoms with Gasteiger partial charge in [-0.1, -0.05) is 39.0 Å². The molecule has 0 heterocycles. The van der Waals surface area contributed by atoms with Gasteiger partial charge in [0.05, 0.1) is 0 Å². The summed E-state index contributed by atoms with van der Waals surface area (Å²) in [7, 11) is 1.89. The van der Waals surface area contributed by atoms with Crippen molar-refractivity contribution in [2.45, 2.75) is 64.0 Å². The molecule has 3 fully saturated rings. The van der Waals surface area contributed by atoms with E-state index in [0.717, 1.165) is 23.7 Å². The predicted octanol–water partition coefficient (Wildman–Crippen LogP) is 3.15. The quantitative estimate of drug-likeness (QED) is 0.450. The molecule has 4 heteroatoms. The second-order valence-corrected chi connectivity index (χ2v) is 6.58. The average Bonchev–Trinajstić information content (AvgIpc) is 3.29. The van der Waals surface area contributed by atoms with Crippen LogP contribution in [0.2, 0.25) is 0 Å². The largest absolute Gasteiger partial charge is 0.353 e. The Balaban J connectivity index is 0.00000133. The van der Waals surface area contributed by atoms with Crippen LogP contribution < -0.4 is 10.6 Å². The van der Waals surface area contributed by atoms with Crippen LogP contribution in [0.5, 0.6) is 0 Å². The van der Waals surface area contributed by atoms with Gasteiger partial charge in [0.15, 0.2) is 5.96 Å². The van der Waals surface area contributed by atoms with Gasteiger partial charge in [0, 0.05) is 19.1 Å². The van der Waals surface area contributed by atoms with Crippen LogP contribution in [0.3, 0.4) is 0 Å². The Labute approximate surface area is 134 Å². The summed E-state index contributed by atoms with van der Waals surface area (Å²) in [5, 5.41) is 7.14. The fourth-order valence-corrected chi connectivity index (χ4v) is 3.51. The Morgan fingerprint density at radius 2 is 1.63 bits per heavy atom. The molecule has 4 atom stereocenters. The van der Waals surface area contributed by atoms with Crippen LogP contribution >= 0.6 is 24.0 Å². The highest BCUT2D eigenvalue weighted by Crippen LogP contribution is 2.44. The molecule has 0 aromatic rings. The molecule has 0 amide bonds. The molecule has 4 unspecified atom stereocenters. The number of halogens is 1. The summed E-state index contributed by atoms with van der Waals surface area (Å²) in [6, 6.07) is 1.37. The third-order valence-corrected chi connectivity index (χ3v) is 5.07. The summed E-state index contributed by atoms with van der Waals surface area (Å²) >= 11 is 0. The standard InChI is InChI=1S/C15H27N3.HI/c1-10-8-13(10)17-15(16-2)18-14-9-12(14)11-6-4-3-5-7-11;/h10-14H,3-9H2,1-2H3,(H2,16,17,18);1H. The Kier molecular flexibility index (Phi) is 5.37. The summed E-state index contributed by atoms with van der Waals surface area (Å²) in [5.74, 6) is 3.79. The second-order valence-electron chi connectivity index (χ2n) is 6.58. The lowest BCUT2D eigenvalue weighted by Crippen LogP contribution is -2.41. The van der Waals surface area contributed by atoms with Crippen LogP contribution in [0.1, 0.15) is 51.9 Å². The maximum absolute atomic E-state index is 4.36. The van der Waals surface area contributed by atoms with E-state index in [0.29, 0.717) is 12.1 Å². The van der Waals surface area contributed by atoms with Gasteiger partial charge >= 0.3 is 0 Å². The maximum atomic E-state index is 4.36. The van der Waals surface area contributed by atoms with E-state index in [1.54, 1.807) is 0 Å². The summed E-state index contributed by atoms with van der Waals surface area (Å²) < 4.78 is 0. The van der Waals surface area contributed by atoms with Crippen molar-refractivity contribution in [3.8, 4) is 0 Å². The lowest BCUT2D eigenvalue weighted by molar-refractivity contribution is 0.315. The topological polar surface area (TPSA) is 36.4 Å². The number of nitrogens with zero attached hydrogens (tertiary/aromatic N) is 1. The van der Waals surface area contributed by atoms with Gasteiger partial charge in [-0.3, -0.25) is 4.99 Å². The van der Waals surface area contributed by atoms with Crippen LogP contribution in [-0.2, 0) is 0 Å². The zero-order valence-corrected chi connectivity index (χ0v) is 14.5. The van der Waals surface area contributed by atoms with Gasteiger partial charge in [0.2, 0.25) is 0 Å². The minimum atomic E-state index is 0. The number of aliphatic imine (C=N–C) groups is 1. The van der Waals surface area contributed by atoms with Gasteiger partial charge in [-0.25, -0.2) is 0 Å². The zero-order valence-electron chi connectivity index (χ0n) is 12.2. The van der Waals surface area contributed by atoms with Crippen molar-refractivity contribution in [3.63, 3.8) is 0 Å². The normalized spacial score (nSPS) is 38.3. The predicted molar refractivity (Wildman–Crippen MR) is 91.1 cm³/mol. The average molecular weight is 377 g/mol. The van der Waals surface area contributed by atoms with Gasteiger partial charge in [0.25, 0.3) is 0 Å². The van der Waals surface area contributed by atoms with Crippen molar-refractivity contribution in [2.24, 2.45) is 22.7 Å². The van der Waals surface area contributed by atoms with Gasteiger partial charge in [0.1, 0.15) is 0 Å². The molecule has 3 nitrogen and oxygen atoms in total. The third-order valence-electron chi connectivity index (χ3n) is 5.07. The van der Waals surface area contributed by atoms with Crippen molar-refractivity contribution in [1.29, 1.82) is 0 Å². The molecule has 2 N–H and O–H groups in total. The molecule has 19 heavy (non-hydrogen) atoms. The Morgan fingerprint density at radius 3 is 2.21 bits per heavy atom. The molecular formula is C15H28IN3. The Bertz CT molecular complexity index is 325. The first kappa shape index (κ1) is 15.4. The molecule has 3 rings (SSSR count). The summed E-state index contributed by atoms with van der Waals surface area (Å²) in [6.07, 6.45) is 9.98. The maximum Gasteiger partial charge on any atom is 0.191 e. The van der Waals surface area contributed by atoms with Gasteiger partial charge in [-0.15, -0.1) is 24.0 Å². The van der Waals surface area contributed by atoms with E-state index < -0.39 is 0 Å². The van der Waals surface area contributed by atoms with Gasteiger partial charge in [-0.2, -0.15) is 0 Å². The van der Waals surface area contributed by atoms with Crippen molar-refractivity contribution in [1.82, 2.24) is 10.6 Å². The molecule has 0 aromatic carbocycles. The molecule has 0 aliphatic heterocycles. The van der Waals surface area contributed by atoms with E-state index in [4.69, 9.17) is 0 Å². The molecule has 0 spiro atoms. The summed E-state index contributed by atoms with van der Waals surface area (Å²) in [6.45, 7) is 2.30. The van der Waals surface area contributed by atoms with Crippen LogP contribution in [-0.4, -0.2) is 25.1 Å². The van der Waals surface area contributed by atoms with Crippen molar-refractivity contribution in [3.05, 3.63) is 0 Å². The highest BCUT2D eigenvalue weighted by atomic mass is 127. The number of hydrogen-bond acceptors (Lipinski definition) is 1. The first-order valence-corrected chi connectivity index (χ1v) is 7.78. The number of guanidine groups is 1. The van der Waals surface area contributed by atoms with Crippen LogP contribution in [0.15, 0.2) is 4.99 Å². The Morgan fingerprint density at radius 1 is 1.00 bits per heavy atom. The van der Waals surface area contributed by atoms with E-state index in [-0.39, 0.29) is 24.0 Å². The molecule has 3 saturated carbocycles. The first-order chi connectivity index (χ1) is 8.78. The van der Waals surface area contributed by atoms with E-state index in [9.17, 15) is 0 Å². The number of rotatable bonds is 3. The summed E-state index contributed by atoms with van der Waals surface area (Å²) in [4.78, 5) is 4.36. The molecule has 3 aliphatic carbocycles. The molecular weight excluding hydrogens is 349 g/mol. The molecule has 0 aromatic heterocycles. The highest BCUT2D eigenvalue weighted by molar-refractivity contribution is 14.0. The van der Waals surface area contributed by atoms with Crippen LogP contribution in [0.25, 0.3) is 0 Å². The Hall–Kier alpha value is 0. The molecule has 0 saturated heterocycles. The van der Waals surface area contributed by atoms with E-state index in [1.807, 2.05) is 7.05 Å². The zero-order chi connectivity index (χ0) is 12.5. The lowest BCUT2D eigenvalue weighted by Gasteiger charge is -2.22. The van der Waals surface area contributed by atoms with Crippen LogP contribution in [0, 0.1) is 17.8 Å². The van der Waals surface area contributed by atoms with Gasteiger partial charge < -0.3 is 10.6 Å². The van der Waals surface area contributed by atoms with Crippen molar-refractivity contribution < 1.29 is 0 Å². The molecule has 0 bridgehead atoms. The minimum absolute atomic E-state index is 0. The van der Waals surface area contributed by atoms with Gasteiger partial charge in [-0.05, 0) is 30.6 Å². The number of nitrogens with one attached hydrogen (secondary N) is 2. The second kappa shape index (κ2) is 6.64. The fourth-order valence-electron chi connectivity index (χ4n) is 3.51. The lowest BCUT2D eigenvalue weighted by atomic mass is 9.85. The first-order valence-electron chi connectivity index (χ1n) is 7.78. The number of hydrogen-bond donors (Lipinski definition) is 2.